The van der Waals surface area contributed by atoms with Crippen molar-refractivity contribution in [3.8, 4) is 0 Å². The first-order valence-corrected chi connectivity index (χ1v) is 12.1. The summed E-state index contributed by atoms with van der Waals surface area (Å²) in [4.78, 5) is 12.7. The molecule has 0 bridgehead atoms. The number of amides is 1. The Labute approximate surface area is 176 Å². The summed E-state index contributed by atoms with van der Waals surface area (Å²) in [7, 11) is -3.49. The molecule has 1 amide bonds. The van der Waals surface area contributed by atoms with Gasteiger partial charge in [-0.05, 0) is 37.2 Å². The maximum atomic E-state index is 13.1. The minimum atomic E-state index is -3.49. The zero-order valence-electron chi connectivity index (χ0n) is 18.5. The van der Waals surface area contributed by atoms with Crippen molar-refractivity contribution in [2.45, 2.75) is 53.5 Å². The van der Waals surface area contributed by atoms with E-state index in [9.17, 15) is 13.2 Å². The summed E-state index contributed by atoms with van der Waals surface area (Å²) in [6.07, 6.45) is 1.12. The molecule has 1 heterocycles. The number of piperidine rings is 1. The van der Waals surface area contributed by atoms with E-state index >= 15 is 0 Å². The molecule has 29 heavy (non-hydrogen) atoms. The molecule has 1 aliphatic heterocycles. The summed E-state index contributed by atoms with van der Waals surface area (Å²) in [6.45, 7) is 12.0. The molecule has 1 N–H and O–H groups in total. The Morgan fingerprint density at radius 2 is 1.55 bits per heavy atom. The van der Waals surface area contributed by atoms with Gasteiger partial charge in [0.2, 0.25) is 5.91 Å². The van der Waals surface area contributed by atoms with Gasteiger partial charge in [0, 0.05) is 32.1 Å². The second-order valence-electron chi connectivity index (χ2n) is 8.93. The molecule has 0 spiro atoms. The zero-order valence-corrected chi connectivity index (χ0v) is 19.3. The lowest BCUT2D eigenvalue weighted by Gasteiger charge is -2.36. The monoisotopic (exact) mass is 423 g/mol. The number of nitrogens with one attached hydrogen (secondary N) is 1. The first kappa shape index (κ1) is 23.8. The third kappa shape index (κ3) is 6.79. The van der Waals surface area contributed by atoms with Gasteiger partial charge in [0.05, 0.1) is 6.04 Å². The summed E-state index contributed by atoms with van der Waals surface area (Å²) < 4.78 is 29.5. The molecule has 0 aliphatic carbocycles. The fraction of sp³-hybridized carbons (Fsp3) is 0.682. The molecule has 164 valence electrons. The van der Waals surface area contributed by atoms with E-state index in [-0.39, 0.29) is 29.7 Å². The molecule has 1 atom stereocenters. The van der Waals surface area contributed by atoms with Crippen molar-refractivity contribution < 1.29 is 13.2 Å². The van der Waals surface area contributed by atoms with Crippen LogP contribution in [0.25, 0.3) is 0 Å². The fourth-order valence-electron chi connectivity index (χ4n) is 3.75. The molecule has 0 aromatic heterocycles. The number of rotatable bonds is 9. The Morgan fingerprint density at radius 1 is 1.03 bits per heavy atom. The Balaban J connectivity index is 1.95. The molecule has 1 aliphatic rings. The van der Waals surface area contributed by atoms with Gasteiger partial charge in [0.25, 0.3) is 10.2 Å². The quantitative estimate of drug-likeness (QED) is 0.661. The molecule has 1 saturated heterocycles. The van der Waals surface area contributed by atoms with Crippen LogP contribution in [-0.4, -0.2) is 49.1 Å². The van der Waals surface area contributed by atoms with Gasteiger partial charge in [-0.2, -0.15) is 17.0 Å². The van der Waals surface area contributed by atoms with Gasteiger partial charge < -0.3 is 5.32 Å². The van der Waals surface area contributed by atoms with E-state index in [1.165, 1.54) is 0 Å². The standard InChI is InChI=1S/C22H37N3O3S/c1-17(2)15-25(16-18(3)4)29(27,28)24-13-11-21(12-14-24)22(26)23-19(5)20-9-7-6-8-10-20/h6-10,17-19,21H,11-16H2,1-5H3,(H,23,26)/t19-/m0/s1. The molecule has 1 fully saturated rings. The highest BCUT2D eigenvalue weighted by Gasteiger charge is 2.35. The topological polar surface area (TPSA) is 69.7 Å². The highest BCUT2D eigenvalue weighted by atomic mass is 32.2. The lowest BCUT2D eigenvalue weighted by Crippen LogP contribution is -2.50. The van der Waals surface area contributed by atoms with Crippen LogP contribution in [0.5, 0.6) is 0 Å². The van der Waals surface area contributed by atoms with Crippen LogP contribution in [0.1, 0.15) is 59.1 Å². The first-order chi connectivity index (χ1) is 13.6. The number of carbonyl (C=O) groups excluding carboxylic acids is 1. The van der Waals surface area contributed by atoms with Crippen molar-refractivity contribution >= 4 is 16.1 Å². The van der Waals surface area contributed by atoms with E-state index in [0.29, 0.717) is 39.0 Å². The third-order valence-electron chi connectivity index (χ3n) is 5.27. The van der Waals surface area contributed by atoms with Crippen molar-refractivity contribution in [2.24, 2.45) is 17.8 Å². The summed E-state index contributed by atoms with van der Waals surface area (Å²) >= 11 is 0. The second kappa shape index (κ2) is 10.5. The SMILES string of the molecule is CC(C)CN(CC(C)C)S(=O)(=O)N1CCC(C(=O)N[C@@H](C)c2ccccc2)CC1. The molecule has 1 aromatic carbocycles. The van der Waals surface area contributed by atoms with E-state index in [2.05, 4.69) is 5.32 Å². The third-order valence-corrected chi connectivity index (χ3v) is 7.24. The highest BCUT2D eigenvalue weighted by Crippen LogP contribution is 2.24. The number of benzene rings is 1. The van der Waals surface area contributed by atoms with Crippen molar-refractivity contribution in [3.63, 3.8) is 0 Å². The fourth-order valence-corrected chi connectivity index (χ4v) is 5.72. The van der Waals surface area contributed by atoms with E-state index in [1.54, 1.807) is 8.61 Å². The van der Waals surface area contributed by atoms with Crippen LogP contribution in [0.15, 0.2) is 30.3 Å². The van der Waals surface area contributed by atoms with Crippen LogP contribution < -0.4 is 5.32 Å². The van der Waals surface area contributed by atoms with Gasteiger partial charge >= 0.3 is 0 Å². The van der Waals surface area contributed by atoms with Crippen LogP contribution >= 0.6 is 0 Å². The number of carbonyl (C=O) groups is 1. The van der Waals surface area contributed by atoms with Crippen LogP contribution in [-0.2, 0) is 15.0 Å². The Morgan fingerprint density at radius 3 is 2.03 bits per heavy atom. The van der Waals surface area contributed by atoms with Crippen molar-refractivity contribution in [1.29, 1.82) is 0 Å². The van der Waals surface area contributed by atoms with E-state index in [0.717, 1.165) is 5.56 Å². The molecule has 0 radical (unpaired) electrons. The molecule has 0 unspecified atom stereocenters. The molecule has 1 aromatic rings. The van der Waals surface area contributed by atoms with Gasteiger partial charge in [-0.3, -0.25) is 4.79 Å². The maximum absolute atomic E-state index is 13.1. The summed E-state index contributed by atoms with van der Waals surface area (Å²) in [6, 6.07) is 9.81. The van der Waals surface area contributed by atoms with Gasteiger partial charge in [-0.1, -0.05) is 58.0 Å². The van der Waals surface area contributed by atoms with E-state index < -0.39 is 10.2 Å². The normalized spacial score (nSPS) is 17.8. The van der Waals surface area contributed by atoms with Crippen molar-refractivity contribution in [1.82, 2.24) is 13.9 Å². The lowest BCUT2D eigenvalue weighted by atomic mass is 9.96. The Kier molecular flexibility index (Phi) is 8.67. The average Bonchev–Trinajstić information content (AvgIpc) is 2.67. The van der Waals surface area contributed by atoms with Gasteiger partial charge in [0.15, 0.2) is 0 Å². The molecular weight excluding hydrogens is 386 g/mol. The highest BCUT2D eigenvalue weighted by molar-refractivity contribution is 7.86. The zero-order chi connectivity index (χ0) is 21.6. The summed E-state index contributed by atoms with van der Waals surface area (Å²) in [5, 5.41) is 3.08. The van der Waals surface area contributed by atoms with Gasteiger partial charge in [-0.15, -0.1) is 0 Å². The van der Waals surface area contributed by atoms with Crippen molar-refractivity contribution in [3.05, 3.63) is 35.9 Å². The van der Waals surface area contributed by atoms with Crippen LogP contribution in [0, 0.1) is 17.8 Å². The molecular formula is C22H37N3O3S. The van der Waals surface area contributed by atoms with Crippen LogP contribution in [0.2, 0.25) is 0 Å². The molecule has 0 saturated carbocycles. The first-order valence-electron chi connectivity index (χ1n) is 10.7. The summed E-state index contributed by atoms with van der Waals surface area (Å²) in [5.41, 5.74) is 1.07. The largest absolute Gasteiger partial charge is 0.349 e. The minimum Gasteiger partial charge on any atom is -0.349 e. The molecule has 7 heteroatoms. The lowest BCUT2D eigenvalue weighted by molar-refractivity contribution is -0.126. The maximum Gasteiger partial charge on any atom is 0.281 e. The van der Waals surface area contributed by atoms with Crippen LogP contribution in [0.3, 0.4) is 0 Å². The number of nitrogens with zero attached hydrogens (tertiary/aromatic N) is 2. The second-order valence-corrected chi connectivity index (χ2v) is 10.9. The smallest absolute Gasteiger partial charge is 0.281 e. The molecule has 6 nitrogen and oxygen atoms in total. The van der Waals surface area contributed by atoms with E-state index in [1.807, 2.05) is 65.0 Å². The average molecular weight is 424 g/mol. The summed E-state index contributed by atoms with van der Waals surface area (Å²) in [5.74, 6) is 0.411. The Bertz CT molecular complexity index is 732. The Hall–Kier alpha value is -1.44. The molecule has 2 rings (SSSR count). The van der Waals surface area contributed by atoms with Crippen LogP contribution in [0.4, 0.5) is 0 Å². The minimum absolute atomic E-state index is 0.0135. The van der Waals surface area contributed by atoms with Gasteiger partial charge in [-0.25, -0.2) is 0 Å². The van der Waals surface area contributed by atoms with E-state index in [4.69, 9.17) is 0 Å². The predicted molar refractivity (Wildman–Crippen MR) is 117 cm³/mol. The number of hydrogen-bond acceptors (Lipinski definition) is 3. The van der Waals surface area contributed by atoms with Gasteiger partial charge in [0.1, 0.15) is 0 Å². The van der Waals surface area contributed by atoms with Crippen molar-refractivity contribution in [2.75, 3.05) is 26.2 Å². The number of hydrogen-bond donors (Lipinski definition) is 1. The predicted octanol–water partition coefficient (Wildman–Crippen LogP) is 3.43.